The molecule has 0 aromatic heterocycles. The van der Waals surface area contributed by atoms with E-state index in [4.69, 9.17) is 0 Å². The topological polar surface area (TPSA) is 54.5 Å². The first-order chi connectivity index (χ1) is 13.9. The van der Waals surface area contributed by atoms with Crippen molar-refractivity contribution < 1.29 is 26.4 Å². The summed E-state index contributed by atoms with van der Waals surface area (Å²) in [5, 5.41) is 0. The highest BCUT2D eigenvalue weighted by molar-refractivity contribution is 7.93. The number of sulfone groups is 1. The number of hydrogen-bond acceptors (Lipinski definition) is 3. The normalized spacial score (nSPS) is 16.5. The number of halogens is 3. The van der Waals surface area contributed by atoms with Crippen LogP contribution in [0, 0.1) is 0 Å². The first-order valence-electron chi connectivity index (χ1n) is 9.71. The van der Waals surface area contributed by atoms with Gasteiger partial charge in [0.15, 0.2) is 9.84 Å². The van der Waals surface area contributed by atoms with Gasteiger partial charge >= 0.3 is 6.18 Å². The van der Waals surface area contributed by atoms with Crippen molar-refractivity contribution in [2.45, 2.75) is 48.4 Å². The van der Waals surface area contributed by atoms with Crippen molar-refractivity contribution in [1.29, 1.82) is 0 Å². The molecule has 162 valence electrons. The van der Waals surface area contributed by atoms with Gasteiger partial charge in [-0.3, -0.25) is 4.79 Å². The highest BCUT2D eigenvalue weighted by Crippen LogP contribution is 2.34. The highest BCUT2D eigenvalue weighted by atomic mass is 32.2. The van der Waals surface area contributed by atoms with Gasteiger partial charge in [0.05, 0.1) is 10.5 Å². The first-order valence-corrected chi connectivity index (χ1v) is 11.2. The number of carbonyl (C=O) groups is 1. The van der Waals surface area contributed by atoms with Gasteiger partial charge in [-0.2, -0.15) is 13.2 Å². The predicted molar refractivity (Wildman–Crippen MR) is 108 cm³/mol. The van der Waals surface area contributed by atoms with E-state index in [0.29, 0.717) is 19.0 Å². The summed E-state index contributed by atoms with van der Waals surface area (Å²) < 4.78 is 62.6. The molecule has 8 heteroatoms. The maximum atomic E-state index is 13.1. The number of amides is 1. The average molecular weight is 439 g/mol. The van der Waals surface area contributed by atoms with E-state index in [-0.39, 0.29) is 4.90 Å². The van der Waals surface area contributed by atoms with Crippen LogP contribution in [0.15, 0.2) is 59.5 Å². The van der Waals surface area contributed by atoms with Crippen LogP contribution in [0.5, 0.6) is 0 Å². The molecule has 0 unspecified atom stereocenters. The number of benzene rings is 2. The second-order valence-electron chi connectivity index (χ2n) is 8.01. The first kappa shape index (κ1) is 22.3. The summed E-state index contributed by atoms with van der Waals surface area (Å²) in [7, 11) is -4.17. The van der Waals surface area contributed by atoms with Crippen molar-refractivity contribution in [1.82, 2.24) is 4.90 Å². The molecule has 1 aliphatic heterocycles. The number of nitrogens with zero attached hydrogens (tertiary/aromatic N) is 1. The zero-order valence-electron chi connectivity index (χ0n) is 16.8. The quantitative estimate of drug-likeness (QED) is 0.696. The summed E-state index contributed by atoms with van der Waals surface area (Å²) in [6.45, 7) is 3.49. The van der Waals surface area contributed by atoms with Crippen molar-refractivity contribution in [3.63, 3.8) is 0 Å². The van der Waals surface area contributed by atoms with Gasteiger partial charge in [-0.05, 0) is 62.4 Å². The van der Waals surface area contributed by atoms with E-state index in [2.05, 4.69) is 0 Å². The van der Waals surface area contributed by atoms with Crippen LogP contribution in [0.3, 0.4) is 0 Å². The van der Waals surface area contributed by atoms with Crippen LogP contribution in [0.25, 0.3) is 0 Å². The molecule has 1 fully saturated rings. The minimum absolute atomic E-state index is 0.298. The van der Waals surface area contributed by atoms with E-state index in [9.17, 15) is 26.4 Å². The lowest BCUT2D eigenvalue weighted by molar-refractivity contribution is -0.137. The molecule has 0 bridgehead atoms. The third-order valence-corrected chi connectivity index (χ3v) is 8.14. The second-order valence-corrected chi connectivity index (χ2v) is 10.5. The van der Waals surface area contributed by atoms with Gasteiger partial charge in [-0.15, -0.1) is 0 Å². The Bertz CT molecular complexity index is 992. The van der Waals surface area contributed by atoms with Crippen LogP contribution in [0.2, 0.25) is 0 Å². The lowest BCUT2D eigenvalue weighted by Crippen LogP contribution is -2.52. The minimum Gasteiger partial charge on any atom is -0.341 e. The Labute approximate surface area is 174 Å². The largest absolute Gasteiger partial charge is 0.416 e. The fourth-order valence-corrected chi connectivity index (χ4v) is 5.20. The summed E-state index contributed by atoms with van der Waals surface area (Å²) in [4.78, 5) is 14.3. The molecule has 4 nitrogen and oxygen atoms in total. The predicted octanol–water partition coefficient (Wildman–Crippen LogP) is 4.66. The minimum atomic E-state index is -4.56. The van der Waals surface area contributed by atoms with Crippen molar-refractivity contribution in [3.05, 3.63) is 65.7 Å². The van der Waals surface area contributed by atoms with E-state index < -0.39 is 32.2 Å². The summed E-state index contributed by atoms with van der Waals surface area (Å²) in [5.41, 5.74) is 0.259. The number of carbonyl (C=O) groups excluding carboxylic acids is 1. The van der Waals surface area contributed by atoms with Crippen LogP contribution in [-0.2, 0) is 20.8 Å². The molecule has 2 aromatic rings. The third-order valence-electron chi connectivity index (χ3n) is 5.73. The van der Waals surface area contributed by atoms with Crippen LogP contribution >= 0.6 is 0 Å². The van der Waals surface area contributed by atoms with Gasteiger partial charge in [0, 0.05) is 13.1 Å². The molecule has 0 atom stereocenters. The molecular weight excluding hydrogens is 415 g/mol. The maximum absolute atomic E-state index is 13.1. The van der Waals surface area contributed by atoms with Crippen molar-refractivity contribution >= 4 is 15.7 Å². The molecule has 0 radical (unpaired) electrons. The number of likely N-dealkylation sites (tertiary alicyclic amines) is 1. The SMILES string of the molecule is CC(C)(C(=O)N1CCC(c2ccccc2)CC1)S(=O)(=O)c1ccc(C(F)(F)F)cc1. The molecule has 3 rings (SSSR count). The van der Waals surface area contributed by atoms with Gasteiger partial charge in [0.2, 0.25) is 5.91 Å². The molecule has 30 heavy (non-hydrogen) atoms. The zero-order chi connectivity index (χ0) is 22.2. The van der Waals surface area contributed by atoms with Crippen LogP contribution in [-0.4, -0.2) is 37.1 Å². The Hall–Kier alpha value is -2.35. The molecule has 0 saturated carbocycles. The average Bonchev–Trinajstić information content (AvgIpc) is 2.73. The van der Waals surface area contributed by atoms with E-state index in [1.54, 1.807) is 4.90 Å². The standard InChI is InChI=1S/C22H24F3NO3S/c1-21(2,30(28,29)19-10-8-18(9-11-19)22(23,24)25)20(27)26-14-12-17(13-15-26)16-6-4-3-5-7-16/h3-11,17H,12-15H2,1-2H3. The smallest absolute Gasteiger partial charge is 0.341 e. The molecule has 0 N–H and O–H groups in total. The number of hydrogen-bond donors (Lipinski definition) is 0. The monoisotopic (exact) mass is 439 g/mol. The lowest BCUT2D eigenvalue weighted by Gasteiger charge is -2.36. The van der Waals surface area contributed by atoms with Gasteiger partial charge < -0.3 is 4.90 Å². The molecule has 2 aromatic carbocycles. The Kier molecular flexibility index (Phi) is 6.00. The van der Waals surface area contributed by atoms with Gasteiger partial charge in [-0.1, -0.05) is 30.3 Å². The molecule has 1 amide bonds. The van der Waals surface area contributed by atoms with Gasteiger partial charge in [-0.25, -0.2) is 8.42 Å². The van der Waals surface area contributed by atoms with E-state index in [0.717, 1.165) is 37.1 Å². The van der Waals surface area contributed by atoms with Gasteiger partial charge in [0.1, 0.15) is 4.75 Å². The Morgan fingerprint density at radius 2 is 1.47 bits per heavy atom. The summed E-state index contributed by atoms with van der Waals surface area (Å²) in [6.07, 6.45) is -3.10. The van der Waals surface area contributed by atoms with Crippen molar-refractivity contribution in [2.75, 3.05) is 13.1 Å². The van der Waals surface area contributed by atoms with Crippen molar-refractivity contribution in [3.8, 4) is 0 Å². The second kappa shape index (κ2) is 8.06. The molecular formula is C22H24F3NO3S. The molecule has 1 aliphatic rings. The highest BCUT2D eigenvalue weighted by Gasteiger charge is 2.46. The number of piperidine rings is 1. The Morgan fingerprint density at radius 1 is 0.933 bits per heavy atom. The Balaban J connectivity index is 1.75. The fraction of sp³-hybridized carbons (Fsp3) is 0.409. The van der Waals surface area contributed by atoms with Crippen molar-refractivity contribution in [2.24, 2.45) is 0 Å². The van der Waals surface area contributed by atoms with E-state index in [1.165, 1.54) is 19.4 Å². The van der Waals surface area contributed by atoms with Gasteiger partial charge in [0.25, 0.3) is 0 Å². The molecule has 0 aliphatic carbocycles. The van der Waals surface area contributed by atoms with Crippen LogP contribution in [0.4, 0.5) is 13.2 Å². The maximum Gasteiger partial charge on any atom is 0.416 e. The lowest BCUT2D eigenvalue weighted by atomic mass is 9.89. The number of rotatable bonds is 4. The molecule has 0 spiro atoms. The summed E-state index contributed by atoms with van der Waals surface area (Å²) >= 11 is 0. The fourth-order valence-electron chi connectivity index (χ4n) is 3.75. The van der Waals surface area contributed by atoms with E-state index in [1.807, 2.05) is 30.3 Å². The summed E-state index contributed by atoms with van der Waals surface area (Å²) in [6, 6.07) is 13.2. The van der Waals surface area contributed by atoms with E-state index >= 15 is 0 Å². The zero-order valence-corrected chi connectivity index (χ0v) is 17.6. The number of alkyl halides is 3. The molecule has 1 saturated heterocycles. The third kappa shape index (κ3) is 4.24. The molecule has 1 heterocycles. The van der Waals surface area contributed by atoms with Crippen LogP contribution in [0.1, 0.15) is 43.7 Å². The summed E-state index contributed by atoms with van der Waals surface area (Å²) in [5.74, 6) is -0.223. The Morgan fingerprint density at radius 3 is 1.97 bits per heavy atom. The van der Waals surface area contributed by atoms with Crippen LogP contribution < -0.4 is 0 Å².